The Labute approximate surface area is 70.5 Å². The van der Waals surface area contributed by atoms with Crippen molar-refractivity contribution in [2.45, 2.75) is 25.3 Å². The second kappa shape index (κ2) is 2.77. The van der Waals surface area contributed by atoms with E-state index in [-0.39, 0.29) is 17.9 Å². The van der Waals surface area contributed by atoms with Crippen LogP contribution in [0.3, 0.4) is 0 Å². The van der Waals surface area contributed by atoms with Crippen LogP contribution in [0.4, 0.5) is 4.79 Å². The molecular formula is C8H11NO3. The number of carbonyl (C=O) groups excluding carboxylic acids is 2. The van der Waals surface area contributed by atoms with Crippen molar-refractivity contribution in [1.29, 1.82) is 0 Å². The molecule has 1 unspecified atom stereocenters. The van der Waals surface area contributed by atoms with E-state index in [1.54, 1.807) is 4.90 Å². The van der Waals surface area contributed by atoms with Gasteiger partial charge in [0.15, 0.2) is 0 Å². The fourth-order valence-electron chi connectivity index (χ4n) is 1.80. The highest BCUT2D eigenvalue weighted by Gasteiger charge is 2.34. The van der Waals surface area contributed by atoms with E-state index < -0.39 is 0 Å². The van der Waals surface area contributed by atoms with E-state index in [0.29, 0.717) is 26.0 Å². The van der Waals surface area contributed by atoms with Gasteiger partial charge in [-0.1, -0.05) is 0 Å². The molecule has 12 heavy (non-hydrogen) atoms. The zero-order valence-corrected chi connectivity index (χ0v) is 6.78. The third-order valence-electron chi connectivity index (χ3n) is 2.45. The van der Waals surface area contributed by atoms with Gasteiger partial charge < -0.3 is 9.64 Å². The highest BCUT2D eigenvalue weighted by Crippen LogP contribution is 2.23. The second-order valence-corrected chi connectivity index (χ2v) is 3.24. The number of rotatable bonds is 1. The van der Waals surface area contributed by atoms with E-state index in [4.69, 9.17) is 4.74 Å². The summed E-state index contributed by atoms with van der Waals surface area (Å²) < 4.78 is 4.79. The third kappa shape index (κ3) is 1.17. The van der Waals surface area contributed by atoms with E-state index in [1.165, 1.54) is 0 Å². The van der Waals surface area contributed by atoms with Crippen molar-refractivity contribution >= 4 is 11.9 Å². The van der Waals surface area contributed by atoms with Crippen LogP contribution in [-0.4, -0.2) is 36.0 Å². The van der Waals surface area contributed by atoms with Crippen molar-refractivity contribution in [2.75, 3.05) is 13.2 Å². The maximum atomic E-state index is 11.1. The fourth-order valence-corrected chi connectivity index (χ4v) is 1.80. The Morgan fingerprint density at radius 3 is 2.75 bits per heavy atom. The summed E-state index contributed by atoms with van der Waals surface area (Å²) in [5.41, 5.74) is 0. The van der Waals surface area contributed by atoms with Crippen molar-refractivity contribution < 1.29 is 14.3 Å². The minimum absolute atomic E-state index is 0.118. The van der Waals surface area contributed by atoms with E-state index >= 15 is 0 Å². The summed E-state index contributed by atoms with van der Waals surface area (Å²) in [6.45, 7) is 1.13. The molecule has 0 aromatic carbocycles. The summed E-state index contributed by atoms with van der Waals surface area (Å²) in [5, 5.41) is 0. The molecule has 1 heterocycles. The van der Waals surface area contributed by atoms with E-state index in [2.05, 4.69) is 0 Å². The lowest BCUT2D eigenvalue weighted by atomic mass is 10.2. The second-order valence-electron chi connectivity index (χ2n) is 3.24. The van der Waals surface area contributed by atoms with Crippen molar-refractivity contribution in [3.63, 3.8) is 0 Å². The van der Waals surface area contributed by atoms with Crippen LogP contribution in [0.2, 0.25) is 0 Å². The van der Waals surface area contributed by atoms with Crippen LogP contribution in [0.15, 0.2) is 0 Å². The summed E-state index contributed by atoms with van der Waals surface area (Å²) in [4.78, 5) is 23.7. The molecule has 0 radical (unpaired) electrons. The maximum absolute atomic E-state index is 11.1. The van der Waals surface area contributed by atoms with Crippen molar-refractivity contribution in [2.24, 2.45) is 0 Å². The standard InChI is InChI=1S/C8H11NO3/c10-7-2-1-6(5-7)9-3-4-12-8(9)11/h6H,1-5H2. The van der Waals surface area contributed by atoms with Crippen molar-refractivity contribution in [1.82, 2.24) is 4.90 Å². The molecule has 0 spiro atoms. The Morgan fingerprint density at radius 2 is 2.25 bits per heavy atom. The maximum Gasteiger partial charge on any atom is 0.410 e. The largest absolute Gasteiger partial charge is 0.448 e. The molecule has 1 amide bonds. The molecule has 2 rings (SSSR count). The van der Waals surface area contributed by atoms with E-state index in [1.807, 2.05) is 0 Å². The molecule has 66 valence electrons. The number of nitrogens with zero attached hydrogens (tertiary/aromatic N) is 1. The highest BCUT2D eigenvalue weighted by atomic mass is 16.6. The lowest BCUT2D eigenvalue weighted by Gasteiger charge is -2.19. The topological polar surface area (TPSA) is 46.6 Å². The van der Waals surface area contributed by atoms with Gasteiger partial charge >= 0.3 is 6.09 Å². The predicted octanol–water partition coefficient (Wildman–Crippen LogP) is 0.560. The van der Waals surface area contributed by atoms with Crippen molar-refractivity contribution in [3.05, 3.63) is 0 Å². The Balaban J connectivity index is 2.00. The van der Waals surface area contributed by atoms with Crippen LogP contribution >= 0.6 is 0 Å². The fraction of sp³-hybridized carbons (Fsp3) is 0.750. The SMILES string of the molecule is O=C1CCC(N2CCOC2=O)C1. The first-order valence-electron chi connectivity index (χ1n) is 4.22. The van der Waals surface area contributed by atoms with Gasteiger partial charge in [0.2, 0.25) is 0 Å². The van der Waals surface area contributed by atoms with Crippen molar-refractivity contribution in [3.8, 4) is 0 Å². The third-order valence-corrected chi connectivity index (χ3v) is 2.45. The number of amides is 1. The monoisotopic (exact) mass is 169 g/mol. The molecular weight excluding hydrogens is 158 g/mol. The lowest BCUT2D eigenvalue weighted by molar-refractivity contribution is -0.117. The summed E-state index contributed by atoms with van der Waals surface area (Å²) in [7, 11) is 0. The van der Waals surface area contributed by atoms with E-state index in [0.717, 1.165) is 6.42 Å². The summed E-state index contributed by atoms with van der Waals surface area (Å²) >= 11 is 0. The molecule has 1 saturated heterocycles. The first-order chi connectivity index (χ1) is 5.77. The zero-order valence-electron chi connectivity index (χ0n) is 6.78. The van der Waals surface area contributed by atoms with Crippen LogP contribution < -0.4 is 0 Å². The first-order valence-corrected chi connectivity index (χ1v) is 4.22. The molecule has 0 N–H and O–H groups in total. The zero-order chi connectivity index (χ0) is 8.55. The molecule has 4 heteroatoms. The van der Waals surface area contributed by atoms with Crippen LogP contribution in [0.1, 0.15) is 19.3 Å². The molecule has 0 aromatic rings. The Bertz CT molecular complexity index is 226. The molecule has 1 atom stereocenters. The van der Waals surface area contributed by atoms with E-state index in [9.17, 15) is 9.59 Å². The Hall–Kier alpha value is -1.06. The summed E-state index contributed by atoms with van der Waals surface area (Å²) in [6, 6.07) is 0.118. The van der Waals surface area contributed by atoms with Crippen LogP contribution in [0, 0.1) is 0 Å². The van der Waals surface area contributed by atoms with Gasteiger partial charge in [0.05, 0.1) is 6.54 Å². The molecule has 0 bridgehead atoms. The van der Waals surface area contributed by atoms with Gasteiger partial charge in [-0.05, 0) is 6.42 Å². The van der Waals surface area contributed by atoms with Gasteiger partial charge in [-0.25, -0.2) is 4.79 Å². The Kier molecular flexibility index (Phi) is 1.75. The molecule has 1 saturated carbocycles. The van der Waals surface area contributed by atoms with Gasteiger partial charge in [-0.15, -0.1) is 0 Å². The van der Waals surface area contributed by atoms with Gasteiger partial charge in [0, 0.05) is 18.9 Å². The van der Waals surface area contributed by atoms with Crippen LogP contribution in [0.5, 0.6) is 0 Å². The number of hydrogen-bond acceptors (Lipinski definition) is 3. The molecule has 2 fully saturated rings. The molecule has 2 aliphatic rings. The van der Waals surface area contributed by atoms with Crippen LogP contribution in [-0.2, 0) is 9.53 Å². The number of hydrogen-bond donors (Lipinski definition) is 0. The quantitative estimate of drug-likeness (QED) is 0.576. The van der Waals surface area contributed by atoms with Gasteiger partial charge in [0.25, 0.3) is 0 Å². The summed E-state index contributed by atoms with van der Waals surface area (Å²) in [5.74, 6) is 0.264. The highest BCUT2D eigenvalue weighted by molar-refractivity contribution is 5.82. The minimum Gasteiger partial charge on any atom is -0.448 e. The number of Topliss-reactive ketones (excluding diaryl/α,β-unsaturated/α-hetero) is 1. The van der Waals surface area contributed by atoms with Gasteiger partial charge in [-0.2, -0.15) is 0 Å². The Morgan fingerprint density at radius 1 is 1.42 bits per heavy atom. The predicted molar refractivity (Wildman–Crippen MR) is 40.7 cm³/mol. The number of ketones is 1. The average Bonchev–Trinajstić information content (AvgIpc) is 2.58. The molecule has 1 aliphatic carbocycles. The minimum atomic E-state index is -0.255. The number of cyclic esters (lactones) is 1. The van der Waals surface area contributed by atoms with Gasteiger partial charge in [0.1, 0.15) is 12.4 Å². The number of carbonyl (C=O) groups is 2. The first kappa shape index (κ1) is 7.58. The van der Waals surface area contributed by atoms with Gasteiger partial charge in [-0.3, -0.25) is 4.79 Å². The molecule has 0 aromatic heterocycles. The average molecular weight is 169 g/mol. The normalized spacial score (nSPS) is 29.7. The van der Waals surface area contributed by atoms with Crippen LogP contribution in [0.25, 0.3) is 0 Å². The lowest BCUT2D eigenvalue weighted by Crippen LogP contribution is -2.34. The summed E-state index contributed by atoms with van der Waals surface area (Å²) in [6.07, 6.45) is 1.70. The smallest absolute Gasteiger partial charge is 0.410 e. The molecule has 1 aliphatic heterocycles. The number of ether oxygens (including phenoxy) is 1. The molecule has 4 nitrogen and oxygen atoms in total.